The topological polar surface area (TPSA) is 63.3 Å². The third-order valence-electron chi connectivity index (χ3n) is 1.69. The van der Waals surface area contributed by atoms with Gasteiger partial charge < -0.3 is 10.8 Å². The molecule has 0 radical (unpaired) electrons. The van der Waals surface area contributed by atoms with E-state index in [9.17, 15) is 4.79 Å². The van der Waals surface area contributed by atoms with Crippen LogP contribution >= 0.6 is 22.6 Å². The maximum atomic E-state index is 10.4. The molecule has 3 N–H and O–H groups in total. The van der Waals surface area contributed by atoms with Crippen molar-refractivity contribution in [1.29, 1.82) is 0 Å². The number of carboxylic acids is 1. The van der Waals surface area contributed by atoms with E-state index in [-0.39, 0.29) is 0 Å². The highest BCUT2D eigenvalue weighted by atomic mass is 131. The zero-order valence-electron chi connectivity index (χ0n) is 6.90. The number of hydrogen-bond donors (Lipinski definition) is 2. The van der Waals surface area contributed by atoms with Crippen LogP contribution in [0.5, 0.6) is 0 Å². The van der Waals surface area contributed by atoms with Crippen molar-refractivity contribution >= 4 is 28.6 Å². The van der Waals surface area contributed by atoms with E-state index in [1.54, 1.807) is 0 Å². The summed E-state index contributed by atoms with van der Waals surface area (Å²) in [7, 11) is 0. The fourth-order valence-corrected chi connectivity index (χ4v) is 1.32. The quantitative estimate of drug-likeness (QED) is 0.825. The highest BCUT2D eigenvalue weighted by Crippen LogP contribution is 2.08. The Labute approximate surface area is 90.1 Å². The van der Waals surface area contributed by atoms with Crippen LogP contribution in [0.15, 0.2) is 24.3 Å². The molecule has 0 saturated heterocycles. The van der Waals surface area contributed by atoms with Gasteiger partial charge in [-0.25, -0.2) is 0 Å². The molecule has 1 atom stereocenters. The van der Waals surface area contributed by atoms with Gasteiger partial charge in [-0.2, -0.15) is 0 Å². The lowest BCUT2D eigenvalue weighted by Gasteiger charge is -2.05. The molecule has 13 heavy (non-hydrogen) atoms. The van der Waals surface area contributed by atoms with E-state index < -0.39 is 12.0 Å². The van der Waals surface area contributed by atoms with Crippen LogP contribution in [0.2, 0.25) is 0 Å². The molecule has 1 rings (SSSR count). The van der Waals surface area contributed by atoms with Gasteiger partial charge in [0.2, 0.25) is 0 Å². The second kappa shape index (κ2) is 4.57. The largest absolute Gasteiger partial charge is 0.480 e. The molecule has 0 aliphatic rings. The molecule has 4 heteroatoms. The van der Waals surface area contributed by atoms with Crippen molar-refractivity contribution in [2.24, 2.45) is 5.73 Å². The van der Waals surface area contributed by atoms with Crippen molar-refractivity contribution in [3.63, 3.8) is 0 Å². The van der Waals surface area contributed by atoms with Crippen molar-refractivity contribution in [2.45, 2.75) is 12.5 Å². The molecule has 3 nitrogen and oxygen atoms in total. The Morgan fingerprint density at radius 2 is 2.00 bits per heavy atom. The second-order valence-electron chi connectivity index (χ2n) is 2.78. The summed E-state index contributed by atoms with van der Waals surface area (Å²) >= 11 is 2.20. The van der Waals surface area contributed by atoms with Crippen molar-refractivity contribution in [3.8, 4) is 0 Å². The number of benzene rings is 1. The number of hydrogen-bond acceptors (Lipinski definition) is 2. The minimum atomic E-state index is -0.960. The Morgan fingerprint density at radius 1 is 1.46 bits per heavy atom. The molecule has 70 valence electrons. The summed E-state index contributed by atoms with van der Waals surface area (Å²) in [6, 6.07) is 6.85. The van der Waals surface area contributed by atoms with Crippen LogP contribution in [0.25, 0.3) is 0 Å². The van der Waals surface area contributed by atoms with Crippen LogP contribution in [0.1, 0.15) is 5.56 Å². The van der Waals surface area contributed by atoms with Crippen LogP contribution < -0.4 is 5.73 Å². The Kier molecular flexibility index (Phi) is 3.68. The summed E-state index contributed by atoms with van der Waals surface area (Å²) in [5.41, 5.74) is 6.34. The molecule has 0 aliphatic heterocycles. The summed E-state index contributed by atoms with van der Waals surface area (Å²) in [4.78, 5) is 10.4. The van der Waals surface area contributed by atoms with E-state index in [0.29, 0.717) is 6.42 Å². The first-order valence-electron chi connectivity index (χ1n) is 3.82. The highest BCUT2D eigenvalue weighted by Gasteiger charge is 2.11. The highest BCUT2D eigenvalue weighted by molar-refractivity contribution is 14.1. The van der Waals surface area contributed by atoms with Crippen molar-refractivity contribution in [1.82, 2.24) is 0 Å². The van der Waals surface area contributed by atoms with Gasteiger partial charge in [0.15, 0.2) is 0 Å². The maximum Gasteiger partial charge on any atom is 0.320 e. The van der Waals surface area contributed by atoms with Gasteiger partial charge >= 0.3 is 5.97 Å². The average molecular weight is 295 g/mol. The normalized spacial score (nSPS) is 12.5. The smallest absolute Gasteiger partial charge is 0.320 e. The molecular weight excluding hydrogens is 285 g/mol. The van der Waals surface area contributed by atoms with Crippen molar-refractivity contribution in [2.75, 3.05) is 0 Å². The predicted molar refractivity (Wildman–Crippen MR) is 58.5 cm³/mol. The minimum absolute atomic E-state index is 0.381. The first kappa shape index (κ1) is 10.5. The zero-order valence-corrected chi connectivity index (χ0v) is 9.06. The fourth-order valence-electron chi connectivity index (χ4n) is 0.962. The number of nitrogens with two attached hydrogens (primary N) is 1. The summed E-state index contributed by atoms with van der Waals surface area (Å²) in [5, 5.41) is 8.57. The molecule has 0 fully saturated rings. The number of carboxylic acid groups (broad SMARTS) is 1. The Balaban J connectivity index is 2.64. The van der Waals surface area contributed by atoms with Gasteiger partial charge in [-0.05, 0) is 46.7 Å². The number of halogens is 1. The molecule has 1 aromatic rings. The standard InChI is InChI=1S/C9H10INO2/c10-7-3-1-6(2-4-7)5-8(11)9(12)13/h1-4,8H,5,11H2,(H,12,13)/i10+4. The molecule has 1 aromatic carbocycles. The third-order valence-corrected chi connectivity index (χ3v) is 2.41. The average Bonchev–Trinajstić information content (AvgIpc) is 2.08. The van der Waals surface area contributed by atoms with Crippen LogP contribution in [-0.4, -0.2) is 17.1 Å². The van der Waals surface area contributed by atoms with Gasteiger partial charge in [-0.15, -0.1) is 0 Å². The summed E-state index contributed by atoms with van der Waals surface area (Å²) in [6.07, 6.45) is 0.381. The second-order valence-corrected chi connectivity index (χ2v) is 4.02. The van der Waals surface area contributed by atoms with Crippen molar-refractivity contribution < 1.29 is 9.90 Å². The monoisotopic (exact) mass is 295 g/mol. The third kappa shape index (κ3) is 3.31. The Morgan fingerprint density at radius 3 is 2.46 bits per heavy atom. The van der Waals surface area contributed by atoms with Crippen LogP contribution in [-0.2, 0) is 11.2 Å². The number of rotatable bonds is 3. The van der Waals surface area contributed by atoms with Gasteiger partial charge in [0.05, 0.1) is 0 Å². The van der Waals surface area contributed by atoms with Crippen LogP contribution in [0, 0.1) is 3.57 Å². The van der Waals surface area contributed by atoms with E-state index in [1.165, 1.54) is 0 Å². The molecule has 0 aromatic heterocycles. The molecule has 1 unspecified atom stereocenters. The summed E-state index contributed by atoms with van der Waals surface area (Å²) in [5.74, 6) is -0.960. The molecular formula is C9H10INO2. The van der Waals surface area contributed by atoms with E-state index >= 15 is 0 Å². The first-order chi connectivity index (χ1) is 6.09. The minimum Gasteiger partial charge on any atom is -0.480 e. The lowest BCUT2D eigenvalue weighted by Crippen LogP contribution is -2.32. The number of carbonyl (C=O) groups is 1. The lowest BCUT2D eigenvalue weighted by molar-refractivity contribution is -0.138. The van der Waals surface area contributed by atoms with Gasteiger partial charge in [0.1, 0.15) is 6.04 Å². The van der Waals surface area contributed by atoms with Gasteiger partial charge in [0.25, 0.3) is 0 Å². The maximum absolute atomic E-state index is 10.4. The zero-order chi connectivity index (χ0) is 9.84. The molecule has 0 saturated carbocycles. The molecule has 0 amide bonds. The first-order valence-corrected chi connectivity index (χ1v) is 4.90. The van der Waals surface area contributed by atoms with Gasteiger partial charge in [-0.3, -0.25) is 4.79 Å². The van der Waals surface area contributed by atoms with Crippen LogP contribution in [0.3, 0.4) is 0 Å². The van der Waals surface area contributed by atoms with Gasteiger partial charge in [-0.1, -0.05) is 12.1 Å². The summed E-state index contributed by atoms with van der Waals surface area (Å²) in [6.45, 7) is 0. The molecule has 0 heterocycles. The van der Waals surface area contributed by atoms with E-state index in [1.807, 2.05) is 24.3 Å². The Bertz CT molecular complexity index is 297. The fraction of sp³-hybridized carbons (Fsp3) is 0.222. The van der Waals surface area contributed by atoms with E-state index in [4.69, 9.17) is 10.8 Å². The van der Waals surface area contributed by atoms with E-state index in [0.717, 1.165) is 9.13 Å². The predicted octanol–water partition coefficient (Wildman–Crippen LogP) is 1.25. The molecule has 0 aliphatic carbocycles. The molecule has 0 spiro atoms. The van der Waals surface area contributed by atoms with Gasteiger partial charge in [0, 0.05) is 3.57 Å². The lowest BCUT2D eigenvalue weighted by atomic mass is 10.1. The number of aliphatic carboxylic acids is 1. The van der Waals surface area contributed by atoms with Crippen LogP contribution in [0.4, 0.5) is 0 Å². The SMILES string of the molecule is NC(Cc1ccc([131I])cc1)C(=O)O. The summed E-state index contributed by atoms with van der Waals surface area (Å²) < 4.78 is 1.13. The van der Waals surface area contributed by atoms with Crippen molar-refractivity contribution in [3.05, 3.63) is 33.4 Å². The molecule has 0 bridgehead atoms. The Hall–Kier alpha value is -0.620. The van der Waals surface area contributed by atoms with E-state index in [2.05, 4.69) is 22.6 Å².